The molecule has 1 heterocycles. The van der Waals surface area contributed by atoms with Crippen molar-refractivity contribution in [3.8, 4) is 0 Å². The molecule has 0 radical (unpaired) electrons. The molecule has 0 aromatic carbocycles. The molecule has 0 saturated heterocycles. The number of rotatable bonds is 8. The molecule has 18 heavy (non-hydrogen) atoms. The van der Waals surface area contributed by atoms with Crippen LogP contribution in [0.5, 0.6) is 0 Å². The molecule has 1 aliphatic heterocycles. The summed E-state index contributed by atoms with van der Waals surface area (Å²) in [5.41, 5.74) is 3.47. The van der Waals surface area contributed by atoms with Crippen molar-refractivity contribution in [3.05, 3.63) is 16.8 Å². The summed E-state index contributed by atoms with van der Waals surface area (Å²) in [6.07, 6.45) is 6.40. The topological polar surface area (TPSA) is 68.8 Å². The summed E-state index contributed by atoms with van der Waals surface area (Å²) in [5, 5.41) is 9.05. The molecule has 0 aliphatic carbocycles. The number of nitroso groups, excluding NO2 is 1. The average Bonchev–Trinajstić information content (AvgIpc) is 2.39. The van der Waals surface area contributed by atoms with E-state index in [-0.39, 0.29) is 6.17 Å². The van der Waals surface area contributed by atoms with Gasteiger partial charge in [-0.2, -0.15) is 3.22 Å². The molecule has 0 spiro atoms. The fourth-order valence-electron chi connectivity index (χ4n) is 1.95. The standard InChI is InChI=1S/C11H22IN5O/c1-3-5-9(6-4-2)15-17(12)11-7-10(16-18)13-8-14-11/h7,9,11,13-15H,3-6,8H2,1-2H3. The third-order valence-electron chi connectivity index (χ3n) is 2.82. The van der Waals surface area contributed by atoms with Gasteiger partial charge in [0.05, 0.1) is 6.67 Å². The molecule has 0 aromatic rings. The molecule has 1 atom stereocenters. The van der Waals surface area contributed by atoms with Gasteiger partial charge >= 0.3 is 0 Å². The SMILES string of the molecule is CCCC(CCC)NN(I)C1C=C(N=O)NCN1. The van der Waals surface area contributed by atoms with Gasteiger partial charge in [0.25, 0.3) is 0 Å². The summed E-state index contributed by atoms with van der Waals surface area (Å²) in [7, 11) is 0. The van der Waals surface area contributed by atoms with E-state index in [1.54, 1.807) is 6.08 Å². The molecule has 104 valence electrons. The largest absolute Gasteiger partial charge is 0.355 e. The van der Waals surface area contributed by atoms with Gasteiger partial charge in [0.2, 0.25) is 0 Å². The van der Waals surface area contributed by atoms with Crippen LogP contribution in [0, 0.1) is 4.91 Å². The number of hydrogen-bond donors (Lipinski definition) is 3. The van der Waals surface area contributed by atoms with Crippen LogP contribution < -0.4 is 16.1 Å². The van der Waals surface area contributed by atoms with Crippen LogP contribution in [-0.4, -0.2) is 22.1 Å². The first-order valence-corrected chi connectivity index (χ1v) is 7.41. The van der Waals surface area contributed by atoms with Crippen LogP contribution >= 0.6 is 22.9 Å². The second kappa shape index (κ2) is 8.78. The molecule has 1 aliphatic rings. The van der Waals surface area contributed by atoms with Crippen molar-refractivity contribution < 1.29 is 0 Å². The molecule has 0 bridgehead atoms. The third kappa shape index (κ3) is 5.17. The van der Waals surface area contributed by atoms with Crippen LogP contribution in [0.2, 0.25) is 0 Å². The lowest BCUT2D eigenvalue weighted by atomic mass is 10.1. The second-order valence-corrected chi connectivity index (χ2v) is 5.40. The zero-order valence-corrected chi connectivity index (χ0v) is 13.1. The van der Waals surface area contributed by atoms with E-state index in [1.165, 1.54) is 12.8 Å². The van der Waals surface area contributed by atoms with Gasteiger partial charge in [0.15, 0.2) is 5.82 Å². The molecule has 6 nitrogen and oxygen atoms in total. The van der Waals surface area contributed by atoms with Crippen LogP contribution in [0.4, 0.5) is 0 Å². The van der Waals surface area contributed by atoms with Crippen molar-refractivity contribution in [1.29, 1.82) is 0 Å². The fourth-order valence-corrected chi connectivity index (χ4v) is 2.70. The van der Waals surface area contributed by atoms with Gasteiger partial charge in [-0.25, -0.2) is 5.43 Å². The van der Waals surface area contributed by atoms with Gasteiger partial charge in [0, 0.05) is 28.9 Å². The van der Waals surface area contributed by atoms with E-state index in [0.29, 0.717) is 18.5 Å². The highest BCUT2D eigenvalue weighted by Crippen LogP contribution is 2.12. The van der Waals surface area contributed by atoms with Crippen LogP contribution in [-0.2, 0) is 0 Å². The average molecular weight is 367 g/mol. The number of nitrogens with zero attached hydrogens (tertiary/aromatic N) is 2. The fraction of sp³-hybridized carbons (Fsp3) is 0.818. The van der Waals surface area contributed by atoms with Gasteiger partial charge in [-0.1, -0.05) is 26.7 Å². The summed E-state index contributed by atoms with van der Waals surface area (Å²) >= 11 is 2.23. The smallest absolute Gasteiger partial charge is 0.170 e. The highest BCUT2D eigenvalue weighted by atomic mass is 127. The molecule has 0 saturated carbocycles. The Balaban J connectivity index is 2.51. The molecular formula is C11H22IN5O. The van der Waals surface area contributed by atoms with Crippen LogP contribution in [0.25, 0.3) is 0 Å². The van der Waals surface area contributed by atoms with Gasteiger partial charge in [-0.05, 0) is 24.1 Å². The first kappa shape index (κ1) is 15.8. The monoisotopic (exact) mass is 367 g/mol. The number of nitrogens with one attached hydrogen (secondary N) is 3. The predicted molar refractivity (Wildman–Crippen MR) is 81.4 cm³/mol. The molecule has 1 unspecified atom stereocenters. The van der Waals surface area contributed by atoms with Crippen molar-refractivity contribution in [2.45, 2.75) is 51.7 Å². The Morgan fingerprint density at radius 2 is 2.22 bits per heavy atom. The van der Waals surface area contributed by atoms with Gasteiger partial charge in [-0.15, -0.1) is 4.91 Å². The molecule has 3 N–H and O–H groups in total. The normalized spacial score (nSPS) is 19.8. The first-order valence-electron chi connectivity index (χ1n) is 6.44. The molecule has 0 aromatic heterocycles. The van der Waals surface area contributed by atoms with Crippen molar-refractivity contribution >= 4 is 22.9 Å². The lowest BCUT2D eigenvalue weighted by Gasteiger charge is -2.31. The van der Waals surface area contributed by atoms with E-state index in [1.807, 2.05) is 3.22 Å². The van der Waals surface area contributed by atoms with E-state index in [9.17, 15) is 4.91 Å². The number of hydrazine groups is 1. The maximum atomic E-state index is 10.5. The van der Waals surface area contributed by atoms with E-state index in [2.05, 4.69) is 57.9 Å². The molecule has 1 rings (SSSR count). The van der Waals surface area contributed by atoms with Crippen molar-refractivity contribution in [1.82, 2.24) is 19.3 Å². The summed E-state index contributed by atoms with van der Waals surface area (Å²) < 4.78 is 1.99. The Hall–Kier alpha value is -0.250. The zero-order chi connectivity index (χ0) is 13.4. The van der Waals surface area contributed by atoms with E-state index < -0.39 is 0 Å². The van der Waals surface area contributed by atoms with E-state index >= 15 is 0 Å². The van der Waals surface area contributed by atoms with Crippen LogP contribution in [0.3, 0.4) is 0 Å². The Labute approximate surface area is 122 Å². The van der Waals surface area contributed by atoms with Crippen molar-refractivity contribution in [2.24, 2.45) is 5.18 Å². The minimum absolute atomic E-state index is 0.0178. The lowest BCUT2D eigenvalue weighted by Crippen LogP contribution is -2.53. The highest BCUT2D eigenvalue weighted by molar-refractivity contribution is 14.1. The Bertz CT molecular complexity index is 281. The van der Waals surface area contributed by atoms with Crippen molar-refractivity contribution in [3.63, 3.8) is 0 Å². The molecule has 7 heteroatoms. The highest BCUT2D eigenvalue weighted by Gasteiger charge is 2.20. The second-order valence-electron chi connectivity index (χ2n) is 4.36. The van der Waals surface area contributed by atoms with E-state index in [4.69, 9.17) is 0 Å². The first-order chi connectivity index (χ1) is 8.71. The zero-order valence-electron chi connectivity index (χ0n) is 10.9. The molecule has 0 fully saturated rings. The summed E-state index contributed by atoms with van der Waals surface area (Å²) in [6, 6.07) is 0.481. The number of halogens is 1. The van der Waals surface area contributed by atoms with Gasteiger partial charge in [0.1, 0.15) is 6.17 Å². The third-order valence-corrected chi connectivity index (χ3v) is 3.70. The van der Waals surface area contributed by atoms with Gasteiger partial charge in [-0.3, -0.25) is 5.32 Å². The summed E-state index contributed by atoms with van der Waals surface area (Å²) in [4.78, 5) is 10.5. The predicted octanol–water partition coefficient (Wildman–Crippen LogP) is 2.20. The maximum Gasteiger partial charge on any atom is 0.170 e. The summed E-state index contributed by atoms with van der Waals surface area (Å²) in [6.45, 7) is 4.94. The van der Waals surface area contributed by atoms with Gasteiger partial charge < -0.3 is 5.32 Å². The summed E-state index contributed by atoms with van der Waals surface area (Å²) in [5.74, 6) is 0.393. The minimum Gasteiger partial charge on any atom is -0.355 e. The Kier molecular flexibility index (Phi) is 7.71. The lowest BCUT2D eigenvalue weighted by molar-refractivity contribution is 0.231. The van der Waals surface area contributed by atoms with Crippen LogP contribution in [0.1, 0.15) is 39.5 Å². The molecule has 0 amide bonds. The van der Waals surface area contributed by atoms with Crippen LogP contribution in [0.15, 0.2) is 17.1 Å². The minimum atomic E-state index is -0.0178. The Morgan fingerprint density at radius 1 is 1.56 bits per heavy atom. The maximum absolute atomic E-state index is 10.5. The van der Waals surface area contributed by atoms with E-state index in [0.717, 1.165) is 12.8 Å². The quantitative estimate of drug-likeness (QED) is 0.266. The Morgan fingerprint density at radius 3 is 2.78 bits per heavy atom. The molecular weight excluding hydrogens is 345 g/mol. The van der Waals surface area contributed by atoms with Crippen molar-refractivity contribution in [2.75, 3.05) is 6.67 Å². The number of hydrogen-bond acceptors (Lipinski definition) is 6.